The maximum Gasteiger partial charge on any atom is 0.515 e. The standard InChI is InChI=1S/C27H25ClF2N4O7/c1-4-19(25(36)31-16-7-9-22-32-23(14-33(22)12-16)41-27(37)39-5-2)34-13-21(38-3)18(11-24(34)35)17-10-15(28)6-8-20(17)40-26(29)30/h6-14,19,26H,4-5H2,1-3H3,(H,31,36). The maximum atomic E-state index is 13.3. The molecule has 0 aliphatic heterocycles. The van der Waals surface area contributed by atoms with Crippen molar-refractivity contribution in [3.63, 3.8) is 0 Å². The van der Waals surface area contributed by atoms with E-state index in [0.29, 0.717) is 11.3 Å². The van der Waals surface area contributed by atoms with Crippen molar-refractivity contribution in [2.45, 2.75) is 32.9 Å². The summed E-state index contributed by atoms with van der Waals surface area (Å²) in [5.41, 5.74) is 0.522. The number of aromatic nitrogens is 3. The van der Waals surface area contributed by atoms with E-state index in [1.807, 2.05) is 0 Å². The van der Waals surface area contributed by atoms with Gasteiger partial charge in [-0.15, -0.1) is 0 Å². The summed E-state index contributed by atoms with van der Waals surface area (Å²) in [5, 5.41) is 2.99. The van der Waals surface area contributed by atoms with Gasteiger partial charge in [0.05, 0.1) is 31.8 Å². The summed E-state index contributed by atoms with van der Waals surface area (Å²) in [6.07, 6.45) is 3.67. The Morgan fingerprint density at radius 1 is 1.05 bits per heavy atom. The molecule has 1 amide bonds. The molecule has 1 N–H and O–H groups in total. The van der Waals surface area contributed by atoms with Crippen molar-refractivity contribution in [1.29, 1.82) is 0 Å². The zero-order valence-electron chi connectivity index (χ0n) is 22.1. The predicted octanol–water partition coefficient (Wildman–Crippen LogP) is 5.55. The number of alkyl halides is 2. The summed E-state index contributed by atoms with van der Waals surface area (Å²) in [7, 11) is 1.34. The van der Waals surface area contributed by atoms with Gasteiger partial charge >= 0.3 is 12.8 Å². The Hall–Kier alpha value is -4.65. The molecule has 11 nitrogen and oxygen atoms in total. The van der Waals surface area contributed by atoms with E-state index in [4.69, 9.17) is 25.8 Å². The average molecular weight is 591 g/mol. The molecule has 0 aliphatic carbocycles. The molecular weight excluding hydrogens is 566 g/mol. The van der Waals surface area contributed by atoms with Crippen molar-refractivity contribution in [1.82, 2.24) is 14.0 Å². The van der Waals surface area contributed by atoms with E-state index in [2.05, 4.69) is 15.0 Å². The number of carbonyl (C=O) groups excluding carboxylic acids is 2. The number of carbonyl (C=O) groups is 2. The van der Waals surface area contributed by atoms with E-state index in [9.17, 15) is 23.2 Å². The highest BCUT2D eigenvalue weighted by Gasteiger charge is 2.24. The van der Waals surface area contributed by atoms with Crippen LogP contribution in [0.2, 0.25) is 5.02 Å². The zero-order valence-corrected chi connectivity index (χ0v) is 22.9. The molecule has 3 aromatic heterocycles. The minimum absolute atomic E-state index is 0.0129. The van der Waals surface area contributed by atoms with Gasteiger partial charge < -0.3 is 28.7 Å². The minimum Gasteiger partial charge on any atom is -0.495 e. The van der Waals surface area contributed by atoms with Gasteiger partial charge in [-0.25, -0.2) is 4.79 Å². The highest BCUT2D eigenvalue weighted by atomic mass is 35.5. The van der Waals surface area contributed by atoms with Gasteiger partial charge in [-0.05, 0) is 43.7 Å². The molecule has 0 aliphatic rings. The number of anilines is 1. The van der Waals surface area contributed by atoms with Gasteiger partial charge in [-0.3, -0.25) is 14.2 Å². The van der Waals surface area contributed by atoms with Gasteiger partial charge in [-0.2, -0.15) is 13.8 Å². The SMILES string of the molecule is CCOC(=O)Oc1cn2cc(NC(=O)C(CC)n3cc(OC)c(-c4cc(Cl)ccc4OC(F)F)cc3=O)ccc2n1. The molecular formula is C27H25ClF2N4O7. The molecule has 0 bridgehead atoms. The number of ether oxygens (including phenoxy) is 4. The number of pyridine rings is 2. The van der Waals surface area contributed by atoms with Crippen LogP contribution in [0.25, 0.3) is 16.8 Å². The van der Waals surface area contributed by atoms with Crippen molar-refractivity contribution in [2.75, 3.05) is 19.0 Å². The van der Waals surface area contributed by atoms with E-state index in [0.717, 1.165) is 0 Å². The van der Waals surface area contributed by atoms with Gasteiger partial charge in [-0.1, -0.05) is 18.5 Å². The first-order valence-corrected chi connectivity index (χ1v) is 12.7. The summed E-state index contributed by atoms with van der Waals surface area (Å²) in [6.45, 7) is 0.407. The third kappa shape index (κ3) is 6.74. The average Bonchev–Trinajstić information content (AvgIpc) is 3.32. The van der Waals surface area contributed by atoms with Gasteiger partial charge in [0, 0.05) is 28.4 Å². The Bertz CT molecular complexity index is 1640. The number of rotatable bonds is 10. The fourth-order valence-electron chi connectivity index (χ4n) is 4.12. The number of hydrogen-bond donors (Lipinski definition) is 1. The number of hydrogen-bond acceptors (Lipinski definition) is 8. The first-order chi connectivity index (χ1) is 19.6. The molecule has 1 unspecified atom stereocenters. The van der Waals surface area contributed by atoms with Crippen LogP contribution >= 0.6 is 11.6 Å². The van der Waals surface area contributed by atoms with Gasteiger partial charge in [0.25, 0.3) is 5.56 Å². The molecule has 0 saturated carbocycles. The van der Waals surface area contributed by atoms with E-state index in [1.165, 1.54) is 48.3 Å². The molecule has 41 heavy (non-hydrogen) atoms. The van der Waals surface area contributed by atoms with Gasteiger partial charge in [0.2, 0.25) is 11.8 Å². The van der Waals surface area contributed by atoms with Crippen molar-refractivity contribution in [3.8, 4) is 28.5 Å². The first kappa shape index (κ1) is 29.3. The Morgan fingerprint density at radius 2 is 1.80 bits per heavy atom. The second-order valence-corrected chi connectivity index (χ2v) is 8.92. The highest BCUT2D eigenvalue weighted by Crippen LogP contribution is 2.38. The van der Waals surface area contributed by atoms with Crippen LogP contribution in [-0.2, 0) is 9.53 Å². The van der Waals surface area contributed by atoms with Crippen LogP contribution in [0.3, 0.4) is 0 Å². The molecule has 0 spiro atoms. The number of amides is 1. The Balaban J connectivity index is 1.62. The smallest absolute Gasteiger partial charge is 0.495 e. The van der Waals surface area contributed by atoms with Crippen LogP contribution in [-0.4, -0.2) is 46.3 Å². The van der Waals surface area contributed by atoms with Crippen molar-refractivity contribution in [2.24, 2.45) is 0 Å². The lowest BCUT2D eigenvalue weighted by molar-refractivity contribution is -0.119. The predicted molar refractivity (Wildman–Crippen MR) is 145 cm³/mol. The fourth-order valence-corrected chi connectivity index (χ4v) is 4.29. The van der Waals surface area contributed by atoms with E-state index in [-0.39, 0.29) is 46.6 Å². The number of halogens is 3. The molecule has 14 heteroatoms. The lowest BCUT2D eigenvalue weighted by Gasteiger charge is -2.21. The number of methoxy groups -OCH3 is 1. The van der Waals surface area contributed by atoms with E-state index >= 15 is 0 Å². The summed E-state index contributed by atoms with van der Waals surface area (Å²) in [4.78, 5) is 42.2. The van der Waals surface area contributed by atoms with Gasteiger partial charge in [0.15, 0.2) is 0 Å². The molecule has 1 aromatic carbocycles. The number of imidazole rings is 1. The molecule has 216 valence electrons. The van der Waals surface area contributed by atoms with Crippen molar-refractivity contribution < 1.29 is 37.3 Å². The lowest BCUT2D eigenvalue weighted by Crippen LogP contribution is -2.32. The quantitative estimate of drug-likeness (QED) is 0.239. The minimum atomic E-state index is -3.10. The van der Waals surface area contributed by atoms with Crippen LogP contribution in [0, 0.1) is 0 Å². The first-order valence-electron chi connectivity index (χ1n) is 12.3. The zero-order chi connectivity index (χ0) is 29.7. The van der Waals surface area contributed by atoms with Gasteiger partial charge in [0.1, 0.15) is 23.2 Å². The third-order valence-electron chi connectivity index (χ3n) is 5.88. The van der Waals surface area contributed by atoms with E-state index in [1.54, 1.807) is 36.6 Å². The third-order valence-corrected chi connectivity index (χ3v) is 6.12. The molecule has 0 saturated heterocycles. The normalized spacial score (nSPS) is 11.8. The topological polar surface area (TPSA) is 122 Å². The number of nitrogens with zero attached hydrogens (tertiary/aromatic N) is 3. The fraction of sp³-hybridized carbons (Fsp3) is 0.259. The number of fused-ring (bicyclic) bond motifs is 1. The molecule has 3 heterocycles. The lowest BCUT2D eigenvalue weighted by atomic mass is 10.0. The van der Waals surface area contributed by atoms with Crippen LogP contribution in [0.1, 0.15) is 26.3 Å². The Kier molecular flexibility index (Phi) is 9.07. The Morgan fingerprint density at radius 3 is 2.49 bits per heavy atom. The second kappa shape index (κ2) is 12.7. The van der Waals surface area contributed by atoms with Crippen molar-refractivity contribution in [3.05, 3.63) is 70.4 Å². The number of nitrogens with one attached hydrogen (secondary N) is 1. The molecule has 1 atom stereocenters. The molecule has 0 fully saturated rings. The van der Waals surface area contributed by atoms with Crippen molar-refractivity contribution >= 4 is 35.0 Å². The number of benzene rings is 1. The summed E-state index contributed by atoms with van der Waals surface area (Å²) >= 11 is 6.08. The molecule has 4 aromatic rings. The van der Waals surface area contributed by atoms with Crippen LogP contribution in [0.4, 0.5) is 19.3 Å². The highest BCUT2D eigenvalue weighted by molar-refractivity contribution is 6.31. The largest absolute Gasteiger partial charge is 0.515 e. The summed E-state index contributed by atoms with van der Waals surface area (Å²) in [6, 6.07) is 7.42. The molecule has 4 rings (SSSR count). The Labute approximate surface area is 237 Å². The summed E-state index contributed by atoms with van der Waals surface area (Å²) in [5.74, 6) is -0.559. The maximum absolute atomic E-state index is 13.3. The monoisotopic (exact) mass is 590 g/mol. The van der Waals surface area contributed by atoms with Crippen LogP contribution in [0.5, 0.6) is 17.4 Å². The van der Waals surface area contributed by atoms with Crippen LogP contribution in [0.15, 0.2) is 59.8 Å². The summed E-state index contributed by atoms with van der Waals surface area (Å²) < 4.78 is 48.5. The second-order valence-electron chi connectivity index (χ2n) is 8.48. The van der Waals surface area contributed by atoms with E-state index < -0.39 is 30.3 Å². The van der Waals surface area contributed by atoms with Crippen LogP contribution < -0.4 is 25.1 Å². The molecule has 0 radical (unpaired) electrons.